The summed E-state index contributed by atoms with van der Waals surface area (Å²) < 4.78 is 0. The number of nitrogens with two attached hydrogens (primary N) is 1. The topological polar surface area (TPSA) is 49.5 Å². The molecule has 0 aliphatic carbocycles. The minimum atomic E-state index is 0.266. The predicted molar refractivity (Wildman–Crippen MR) is 69.8 cm³/mol. The largest absolute Gasteiger partial charge is 0.508 e. The number of benzene rings is 1. The maximum atomic E-state index is 9.76. The van der Waals surface area contributed by atoms with E-state index in [-0.39, 0.29) is 6.04 Å². The Morgan fingerprint density at radius 1 is 1.47 bits per heavy atom. The zero-order chi connectivity index (χ0) is 12.3. The Balaban J connectivity index is 1.97. The molecule has 1 aliphatic rings. The van der Waals surface area contributed by atoms with Crippen LogP contribution in [0.5, 0.6) is 5.75 Å². The average Bonchev–Trinajstić information content (AvgIpc) is 2.32. The zero-order valence-electron chi connectivity index (χ0n) is 10.5. The molecule has 17 heavy (non-hydrogen) atoms. The third-order valence-electron chi connectivity index (χ3n) is 3.67. The molecule has 0 bridgehead atoms. The summed E-state index contributed by atoms with van der Waals surface area (Å²) in [5, 5.41) is 9.76. The summed E-state index contributed by atoms with van der Waals surface area (Å²) in [5.74, 6) is 0.991. The number of phenolic OH excluding ortho intramolecular Hbond substituents is 1. The molecule has 1 aromatic rings. The van der Waals surface area contributed by atoms with Crippen molar-refractivity contribution in [3.8, 4) is 5.75 Å². The average molecular weight is 234 g/mol. The Morgan fingerprint density at radius 3 is 2.94 bits per heavy atom. The fraction of sp³-hybridized carbons (Fsp3) is 0.571. The summed E-state index contributed by atoms with van der Waals surface area (Å²) in [5.41, 5.74) is 6.99. The zero-order valence-corrected chi connectivity index (χ0v) is 10.5. The summed E-state index contributed by atoms with van der Waals surface area (Å²) >= 11 is 0. The second-order valence-corrected chi connectivity index (χ2v) is 5.13. The van der Waals surface area contributed by atoms with E-state index in [4.69, 9.17) is 5.73 Å². The third kappa shape index (κ3) is 3.20. The van der Waals surface area contributed by atoms with Crippen LogP contribution in [0.4, 0.5) is 0 Å². The molecule has 2 unspecified atom stereocenters. The quantitative estimate of drug-likeness (QED) is 0.840. The molecule has 2 atom stereocenters. The Kier molecular flexibility index (Phi) is 4.02. The smallest absolute Gasteiger partial charge is 0.120 e. The van der Waals surface area contributed by atoms with Gasteiger partial charge < -0.3 is 10.8 Å². The standard InChI is InChI=1S/C14H22N2O/c1-11(15)12-6-4-8-16(9-12)10-13-5-2-3-7-14(13)17/h2-3,5,7,11-12,17H,4,6,8-10,15H2,1H3. The van der Waals surface area contributed by atoms with E-state index in [0.29, 0.717) is 11.7 Å². The fourth-order valence-corrected chi connectivity index (χ4v) is 2.55. The number of hydrogen-bond acceptors (Lipinski definition) is 3. The first-order valence-corrected chi connectivity index (χ1v) is 6.41. The van der Waals surface area contributed by atoms with Gasteiger partial charge in [-0.15, -0.1) is 0 Å². The number of piperidine rings is 1. The number of para-hydroxylation sites is 1. The number of aromatic hydroxyl groups is 1. The van der Waals surface area contributed by atoms with E-state index in [9.17, 15) is 5.11 Å². The van der Waals surface area contributed by atoms with Crippen LogP contribution in [0.3, 0.4) is 0 Å². The second kappa shape index (κ2) is 5.52. The van der Waals surface area contributed by atoms with Crippen molar-refractivity contribution < 1.29 is 5.11 Å². The van der Waals surface area contributed by atoms with E-state index in [2.05, 4.69) is 11.8 Å². The molecule has 94 valence electrons. The maximum absolute atomic E-state index is 9.76. The normalized spacial score (nSPS) is 23.5. The van der Waals surface area contributed by atoms with Crippen LogP contribution in [0, 0.1) is 5.92 Å². The van der Waals surface area contributed by atoms with Crippen LogP contribution in [0.2, 0.25) is 0 Å². The molecule has 1 aromatic carbocycles. The van der Waals surface area contributed by atoms with Crippen molar-refractivity contribution in [2.75, 3.05) is 13.1 Å². The molecule has 0 amide bonds. The summed E-state index contributed by atoms with van der Waals surface area (Å²) in [6.45, 7) is 5.08. The van der Waals surface area contributed by atoms with Gasteiger partial charge in [0.05, 0.1) is 0 Å². The molecule has 0 spiro atoms. The van der Waals surface area contributed by atoms with Crippen molar-refractivity contribution in [2.45, 2.75) is 32.4 Å². The minimum Gasteiger partial charge on any atom is -0.508 e. The highest BCUT2D eigenvalue weighted by Crippen LogP contribution is 2.23. The number of hydrogen-bond donors (Lipinski definition) is 2. The van der Waals surface area contributed by atoms with Gasteiger partial charge in [0.2, 0.25) is 0 Å². The highest BCUT2D eigenvalue weighted by atomic mass is 16.3. The number of rotatable bonds is 3. The van der Waals surface area contributed by atoms with Gasteiger partial charge in [-0.05, 0) is 38.3 Å². The summed E-state index contributed by atoms with van der Waals surface area (Å²) in [6.07, 6.45) is 2.44. The van der Waals surface area contributed by atoms with E-state index < -0.39 is 0 Å². The van der Waals surface area contributed by atoms with E-state index in [1.807, 2.05) is 18.2 Å². The van der Waals surface area contributed by atoms with Gasteiger partial charge in [-0.1, -0.05) is 18.2 Å². The first-order valence-electron chi connectivity index (χ1n) is 6.41. The molecular formula is C14H22N2O. The fourth-order valence-electron chi connectivity index (χ4n) is 2.55. The number of phenols is 1. The lowest BCUT2D eigenvalue weighted by atomic mass is 9.92. The van der Waals surface area contributed by atoms with Gasteiger partial charge in [-0.3, -0.25) is 4.90 Å². The molecule has 3 nitrogen and oxygen atoms in total. The van der Waals surface area contributed by atoms with Crippen molar-refractivity contribution in [1.29, 1.82) is 0 Å². The molecule has 0 saturated carbocycles. The number of likely N-dealkylation sites (tertiary alicyclic amines) is 1. The van der Waals surface area contributed by atoms with Gasteiger partial charge in [0.1, 0.15) is 5.75 Å². The van der Waals surface area contributed by atoms with Gasteiger partial charge in [-0.2, -0.15) is 0 Å². The van der Waals surface area contributed by atoms with Crippen LogP contribution in [0.25, 0.3) is 0 Å². The van der Waals surface area contributed by atoms with Crippen LogP contribution in [0.15, 0.2) is 24.3 Å². The second-order valence-electron chi connectivity index (χ2n) is 5.13. The summed E-state index contributed by atoms with van der Waals surface area (Å²) in [6, 6.07) is 7.84. The third-order valence-corrected chi connectivity index (χ3v) is 3.67. The summed E-state index contributed by atoms with van der Waals surface area (Å²) in [7, 11) is 0. The molecule has 1 saturated heterocycles. The van der Waals surface area contributed by atoms with Gasteiger partial charge >= 0.3 is 0 Å². The van der Waals surface area contributed by atoms with E-state index in [1.54, 1.807) is 6.07 Å². The molecule has 3 N–H and O–H groups in total. The van der Waals surface area contributed by atoms with Crippen LogP contribution in [0.1, 0.15) is 25.3 Å². The van der Waals surface area contributed by atoms with Crippen molar-refractivity contribution in [1.82, 2.24) is 4.90 Å². The lowest BCUT2D eigenvalue weighted by Gasteiger charge is -2.34. The molecule has 3 heteroatoms. The Morgan fingerprint density at radius 2 is 2.24 bits per heavy atom. The van der Waals surface area contributed by atoms with E-state index >= 15 is 0 Å². The highest BCUT2D eigenvalue weighted by molar-refractivity contribution is 5.31. The molecule has 1 fully saturated rings. The van der Waals surface area contributed by atoms with E-state index in [0.717, 1.165) is 25.2 Å². The number of nitrogens with zero attached hydrogens (tertiary/aromatic N) is 1. The van der Waals surface area contributed by atoms with Gasteiger partial charge in [-0.25, -0.2) is 0 Å². The maximum Gasteiger partial charge on any atom is 0.120 e. The first-order chi connectivity index (χ1) is 8.16. The van der Waals surface area contributed by atoms with Crippen LogP contribution in [-0.2, 0) is 6.54 Å². The Hall–Kier alpha value is -1.06. The van der Waals surface area contributed by atoms with Gasteiger partial charge in [0.25, 0.3) is 0 Å². The van der Waals surface area contributed by atoms with Crippen molar-refractivity contribution in [3.63, 3.8) is 0 Å². The van der Waals surface area contributed by atoms with Crippen LogP contribution >= 0.6 is 0 Å². The Labute approximate surface area is 103 Å². The van der Waals surface area contributed by atoms with Crippen LogP contribution < -0.4 is 5.73 Å². The highest BCUT2D eigenvalue weighted by Gasteiger charge is 2.22. The monoisotopic (exact) mass is 234 g/mol. The summed E-state index contributed by atoms with van der Waals surface area (Å²) in [4.78, 5) is 2.40. The van der Waals surface area contributed by atoms with Crippen molar-refractivity contribution >= 4 is 0 Å². The van der Waals surface area contributed by atoms with Crippen LogP contribution in [-0.4, -0.2) is 29.1 Å². The lowest BCUT2D eigenvalue weighted by molar-refractivity contribution is 0.153. The Bertz CT molecular complexity index is 365. The predicted octanol–water partition coefficient (Wildman–Crippen LogP) is 1.95. The first kappa shape index (κ1) is 12.4. The molecule has 0 radical (unpaired) electrons. The van der Waals surface area contributed by atoms with Crippen molar-refractivity contribution in [2.24, 2.45) is 11.7 Å². The van der Waals surface area contributed by atoms with Crippen molar-refractivity contribution in [3.05, 3.63) is 29.8 Å². The SMILES string of the molecule is CC(N)C1CCCN(Cc2ccccc2O)C1. The van der Waals surface area contributed by atoms with Gasteiger partial charge in [0, 0.05) is 24.7 Å². The molecule has 2 rings (SSSR count). The molecule has 0 aromatic heterocycles. The van der Waals surface area contributed by atoms with Gasteiger partial charge in [0.15, 0.2) is 0 Å². The molecule has 1 heterocycles. The minimum absolute atomic E-state index is 0.266. The van der Waals surface area contributed by atoms with E-state index in [1.165, 1.54) is 12.8 Å². The molecular weight excluding hydrogens is 212 g/mol. The lowest BCUT2D eigenvalue weighted by Crippen LogP contribution is -2.41. The molecule has 1 aliphatic heterocycles.